The highest BCUT2D eigenvalue weighted by molar-refractivity contribution is 7.07. The Hall–Kier alpha value is -16.2. The second-order valence-corrected chi connectivity index (χ2v) is 35.7. The largest absolute Gasteiger partial charge is 0.494 e. The summed E-state index contributed by atoms with van der Waals surface area (Å²) in [6.45, 7) is 29.6. The molecule has 6 N–H and O–H groups in total. The first kappa shape index (κ1) is 105. The zero-order valence-corrected chi connectivity index (χ0v) is 85.4. The Labute approximate surface area is 855 Å². The maximum absolute atomic E-state index is 13.1. The summed E-state index contributed by atoms with van der Waals surface area (Å²) in [6, 6.07) is 40.7. The highest BCUT2D eigenvalue weighted by atomic mass is 32.1. The zero-order chi connectivity index (χ0) is 103. The lowest BCUT2D eigenvalue weighted by atomic mass is 10.2. The fourth-order valence-electron chi connectivity index (χ4n) is 16.8. The predicted molar refractivity (Wildman–Crippen MR) is 563 cm³/mol. The van der Waals surface area contributed by atoms with Gasteiger partial charge in [0.2, 0.25) is 0 Å². The van der Waals surface area contributed by atoms with Gasteiger partial charge in [0.15, 0.2) is 34.9 Å². The summed E-state index contributed by atoms with van der Waals surface area (Å²) in [5.74, 6) is 11.1. The molecule has 37 nitrogen and oxygen atoms in total. The summed E-state index contributed by atoms with van der Waals surface area (Å²) >= 11 is 1.60. The normalized spacial score (nSPS) is 12.3. The molecule has 1 aliphatic rings. The number of nitrogens with one attached hydrogen (secondary N) is 6. The lowest BCUT2D eigenvalue weighted by molar-refractivity contribution is -0.137. The van der Waals surface area contributed by atoms with E-state index >= 15 is 0 Å². The number of pyridine rings is 4. The van der Waals surface area contributed by atoms with Gasteiger partial charge >= 0.3 is 6.18 Å². The minimum Gasteiger partial charge on any atom is -0.494 e. The van der Waals surface area contributed by atoms with Gasteiger partial charge in [0, 0.05) is 132 Å². The van der Waals surface area contributed by atoms with Gasteiger partial charge in [-0.2, -0.15) is 13.2 Å². The maximum Gasteiger partial charge on any atom is 0.416 e. The van der Waals surface area contributed by atoms with Crippen molar-refractivity contribution in [2.75, 3.05) is 98.7 Å². The summed E-state index contributed by atoms with van der Waals surface area (Å²) in [6.07, 6.45) is 19.2. The monoisotopic (exact) mass is 2030 g/mol. The van der Waals surface area contributed by atoms with Crippen LogP contribution in [0.5, 0.6) is 5.75 Å². The number of benzene rings is 1. The molecule has 0 spiro atoms. The highest BCUT2D eigenvalue weighted by Crippen LogP contribution is 2.34. The van der Waals surface area contributed by atoms with E-state index in [0.29, 0.717) is 98.3 Å². The van der Waals surface area contributed by atoms with Gasteiger partial charge in [-0.3, -0.25) is 19.9 Å². The quantitative estimate of drug-likeness (QED) is 0.0157. The van der Waals surface area contributed by atoms with Crippen molar-refractivity contribution < 1.29 is 45.6 Å². The molecule has 1 aromatic carbocycles. The van der Waals surface area contributed by atoms with Gasteiger partial charge in [-0.1, -0.05) is 54.0 Å². The number of anilines is 6. The second-order valence-electron chi connectivity index (χ2n) is 35.0. The number of para-hydroxylation sites is 1. The van der Waals surface area contributed by atoms with Crippen LogP contribution in [0.25, 0.3) is 66.2 Å². The molecule has 20 heterocycles. The molecule has 1 saturated heterocycles. The first-order chi connectivity index (χ1) is 71.9. The van der Waals surface area contributed by atoms with E-state index in [1.54, 1.807) is 62.3 Å². The van der Waals surface area contributed by atoms with Gasteiger partial charge in [0.25, 0.3) is 0 Å². The zero-order valence-electron chi connectivity index (χ0n) is 84.6. The third kappa shape index (κ3) is 28.1. The summed E-state index contributed by atoms with van der Waals surface area (Å²) in [4.78, 5) is 75.7. The average Bonchev–Trinajstić information content (AvgIpc) is 1.66. The molecule has 0 saturated carbocycles. The number of methoxy groups -OCH3 is 2. The van der Waals surface area contributed by atoms with Crippen molar-refractivity contribution in [1.29, 1.82) is 0 Å². The van der Waals surface area contributed by atoms with Crippen LogP contribution in [0.3, 0.4) is 0 Å². The molecule has 148 heavy (non-hydrogen) atoms. The van der Waals surface area contributed by atoms with Crippen LogP contribution in [0.1, 0.15) is 143 Å². The number of halogens is 4. The Bertz CT molecular complexity index is 7690. The number of hydrogen-bond acceptors (Lipinski definition) is 32. The SMILES string of the molecule is CCCCNc1nc(C)nc2ccn(Cc3ccccc3OCC)c12.COCCCNc1nc(C)nc2ccn(Cc3ccccn3)c12.COCCNc1nc(C)nc2ccn(Cc3cscn3)c12.Cc1nc(NCC2CCCO2)c2c(ccn2Cc2ccccn2)n1.Cc1nc(NCc2cc(C)on2)c2c(ccn2Cc2cc(C(F)(F)F)ccn2)n1.Cc1nc(NCc2cc(C)on2)c2c(ccn2Cc2ccc(F)cn2)n1. The van der Waals surface area contributed by atoms with Crippen LogP contribution in [0.4, 0.5) is 52.5 Å². The van der Waals surface area contributed by atoms with Crippen molar-refractivity contribution >= 4 is 112 Å². The Morgan fingerprint density at radius 2 is 0.824 bits per heavy atom. The summed E-state index contributed by atoms with van der Waals surface area (Å²) in [5, 5.41) is 30.2. The number of fused-ring (bicyclic) bond motifs is 6. The standard InChI is InChI=1S/C20H26N4O.C19H17F3N6O.C18H17FN6O.C18H21N5O.C17H21N5O.C14H17N5OS/c1-4-6-12-21-20-19-17(22-15(3)23-20)11-13-24(19)14-16-9-7-8-10-18(16)25-5-2;1-11-7-14(27-29-11)9-24-18-17-16(25-12(2)26-18)4-6-28(17)10-15-8-13(3-5-23-15)19(20,21)22;1-11-7-15(24-26-11)9-21-18-17-16(22-12(2)23-18)5-6-25(17)10-14-4-3-13(19)8-20-14;1-13-21-16-7-9-23(12-14-5-2-3-8-19-14)17(16)18(22-13)20-11-15-6-4-10-24-15;1-13-20-15-7-10-22(12-14-6-3-4-8-18-14)16(15)17(21-13)19-9-5-11-23-2;1-10-17-12-3-5-19(7-11-8-21-9-16-11)13(12)14(18-10)15-4-6-20-2/h7-11,13H,4-6,12,14H2,1-3H3,(H,21,22,23);3-8H,9-10H2,1-2H3,(H,24,25,26);3-8H,9-10H2,1-2H3,(H,21,22,23);2-3,5,7-9,15H,4,6,10-12H2,1H3,(H,20,21,22);3-4,6-8,10H,5,9,11-12H2,1-2H3,(H,19,20,21);3,5,8-9H,4,6-7H2,1-2H3,(H,15,17,18). The van der Waals surface area contributed by atoms with E-state index in [1.165, 1.54) is 12.3 Å². The van der Waals surface area contributed by atoms with Crippen LogP contribution < -0.4 is 36.6 Å². The average molecular weight is 2030 g/mol. The van der Waals surface area contributed by atoms with Gasteiger partial charge in [0.05, 0.1) is 151 Å². The van der Waals surface area contributed by atoms with Crippen molar-refractivity contribution in [3.8, 4) is 5.75 Å². The van der Waals surface area contributed by atoms with Crippen molar-refractivity contribution in [1.82, 2.24) is 122 Å². The summed E-state index contributed by atoms with van der Waals surface area (Å²) in [5.41, 5.74) is 18.8. The maximum atomic E-state index is 13.1. The molecular formula is C106H119F4N31O6S. The molecule has 1 aliphatic heterocycles. The van der Waals surface area contributed by atoms with Crippen LogP contribution in [0.2, 0.25) is 0 Å². The van der Waals surface area contributed by atoms with E-state index in [-0.39, 0.29) is 24.2 Å². The molecule has 19 aromatic heterocycles. The molecule has 1 unspecified atom stereocenters. The fourth-order valence-corrected chi connectivity index (χ4v) is 17.4. The van der Waals surface area contributed by atoms with E-state index in [2.05, 4.69) is 176 Å². The van der Waals surface area contributed by atoms with Crippen molar-refractivity contribution in [3.63, 3.8) is 0 Å². The Morgan fingerprint density at radius 3 is 1.22 bits per heavy atom. The lowest BCUT2D eigenvalue weighted by Gasteiger charge is -2.14. The van der Waals surface area contributed by atoms with Gasteiger partial charge in [-0.15, -0.1) is 11.3 Å². The number of hydrogen-bond donors (Lipinski definition) is 6. The van der Waals surface area contributed by atoms with Crippen molar-refractivity contribution in [3.05, 3.63) is 310 Å². The minimum atomic E-state index is -4.42. The van der Waals surface area contributed by atoms with Gasteiger partial charge in [-0.25, -0.2) is 69.2 Å². The summed E-state index contributed by atoms with van der Waals surface area (Å²) in [7, 11) is 3.40. The topological polar surface area (TPSA) is 410 Å². The predicted octanol–water partition coefficient (Wildman–Crippen LogP) is 19.4. The molecule has 768 valence electrons. The van der Waals surface area contributed by atoms with Crippen molar-refractivity contribution in [2.24, 2.45) is 0 Å². The van der Waals surface area contributed by atoms with E-state index in [0.717, 1.165) is 244 Å². The molecule has 0 aliphatic carbocycles. The van der Waals surface area contributed by atoms with E-state index in [1.807, 2.05) is 187 Å². The Kier molecular flexibility index (Phi) is 35.7. The first-order valence-corrected chi connectivity index (χ1v) is 49.8. The molecule has 0 amide bonds. The van der Waals surface area contributed by atoms with Crippen LogP contribution in [-0.4, -0.2) is 195 Å². The lowest BCUT2D eigenvalue weighted by Crippen LogP contribution is -2.20. The molecule has 0 radical (unpaired) electrons. The molecule has 1 atom stereocenters. The van der Waals surface area contributed by atoms with E-state index in [4.69, 9.17) is 28.0 Å². The number of aryl methyl sites for hydroxylation is 8. The fraction of sp³-hybridized carbons (Fsp3) is 0.330. The minimum absolute atomic E-state index is 0.150. The third-order valence-corrected chi connectivity index (χ3v) is 24.1. The molecule has 21 rings (SSSR count). The van der Waals surface area contributed by atoms with Crippen LogP contribution in [0, 0.1) is 61.2 Å². The van der Waals surface area contributed by atoms with Gasteiger partial charge < -0.3 is 87.3 Å². The van der Waals surface area contributed by atoms with Crippen molar-refractivity contribution in [2.45, 2.75) is 166 Å². The molecule has 1 fully saturated rings. The number of aromatic nitrogens is 25. The van der Waals surface area contributed by atoms with E-state index < -0.39 is 11.7 Å². The Morgan fingerprint density at radius 1 is 0.405 bits per heavy atom. The molecular weight excluding hydrogens is 1910 g/mol. The van der Waals surface area contributed by atoms with Crippen LogP contribution in [0.15, 0.2) is 215 Å². The number of thiazole rings is 1. The van der Waals surface area contributed by atoms with Gasteiger partial charge in [0.1, 0.15) is 103 Å². The number of alkyl halides is 3. The first-order valence-electron chi connectivity index (χ1n) is 48.8. The smallest absolute Gasteiger partial charge is 0.416 e. The third-order valence-electron chi connectivity index (χ3n) is 23.5. The highest BCUT2D eigenvalue weighted by Gasteiger charge is 2.31. The second kappa shape index (κ2) is 50.5. The number of nitrogens with zero attached hydrogens (tertiary/aromatic N) is 25. The summed E-state index contributed by atoms with van der Waals surface area (Å²) < 4.78 is 96.2. The van der Waals surface area contributed by atoms with Crippen LogP contribution in [-0.2, 0) is 72.7 Å². The van der Waals surface area contributed by atoms with E-state index in [9.17, 15) is 17.6 Å². The number of unbranched alkanes of at least 4 members (excludes halogenated alkanes) is 1. The number of ether oxygens (including phenoxy) is 4. The molecule has 20 aromatic rings. The number of rotatable bonds is 36. The molecule has 0 bridgehead atoms. The molecule has 42 heteroatoms. The van der Waals surface area contributed by atoms with Crippen LogP contribution >= 0.6 is 11.3 Å². The van der Waals surface area contributed by atoms with Gasteiger partial charge in [-0.05, 0) is 179 Å². The Balaban J connectivity index is 0.000000127.